The largest absolute Gasteiger partial charge is 0.507 e. The number of phenols is 1. The lowest BCUT2D eigenvalue weighted by Crippen LogP contribution is -1.83. The van der Waals surface area contributed by atoms with E-state index >= 15 is 0 Å². The van der Waals surface area contributed by atoms with Crippen molar-refractivity contribution in [1.82, 2.24) is 0 Å². The molecule has 0 saturated carbocycles. The summed E-state index contributed by atoms with van der Waals surface area (Å²) in [4.78, 5) is 0. The van der Waals surface area contributed by atoms with Gasteiger partial charge in [-0.3, -0.25) is 0 Å². The van der Waals surface area contributed by atoms with Crippen molar-refractivity contribution in [2.75, 3.05) is 0 Å². The molecular weight excluding hydrogens is 136 g/mol. The predicted octanol–water partition coefficient (Wildman–Crippen LogP) is 2.60. The Balaban J connectivity index is 3.20. The van der Waals surface area contributed by atoms with Crippen LogP contribution in [0, 0.1) is 0 Å². The molecule has 1 heteroatoms. The highest BCUT2D eigenvalue weighted by molar-refractivity contribution is 5.57. The van der Waals surface area contributed by atoms with Gasteiger partial charge in [0.2, 0.25) is 0 Å². The third-order valence-electron chi connectivity index (χ3n) is 1.75. The molecule has 0 radical (unpaired) electrons. The lowest BCUT2D eigenvalue weighted by atomic mass is 10.1. The first-order valence-electron chi connectivity index (χ1n) is 3.73. The Kier molecular flexibility index (Phi) is 2.32. The normalized spacial score (nSPS) is 9.55. The van der Waals surface area contributed by atoms with Crippen LogP contribution in [-0.4, -0.2) is 5.11 Å². The van der Waals surface area contributed by atoms with Gasteiger partial charge in [0.15, 0.2) is 0 Å². The molecule has 0 saturated heterocycles. The average Bonchev–Trinajstić information content (AvgIpc) is 2.05. The number of aromatic hydroxyl groups is 1. The second-order valence-electron chi connectivity index (χ2n) is 2.41. The molecule has 11 heavy (non-hydrogen) atoms. The number of para-hydroxylation sites is 1. The van der Waals surface area contributed by atoms with Crippen LogP contribution >= 0.6 is 0 Å². The Morgan fingerprint density at radius 3 is 2.82 bits per heavy atom. The van der Waals surface area contributed by atoms with Crippen molar-refractivity contribution >= 4 is 6.08 Å². The number of hydrogen-bond donors (Lipinski definition) is 1. The Labute approximate surface area is 67.0 Å². The molecule has 0 aliphatic heterocycles. The maximum atomic E-state index is 9.52. The smallest absolute Gasteiger partial charge is 0.125 e. The van der Waals surface area contributed by atoms with Crippen LogP contribution in [0.25, 0.3) is 6.08 Å². The molecule has 1 rings (SSSR count). The van der Waals surface area contributed by atoms with Crippen LogP contribution in [0.4, 0.5) is 0 Å². The molecule has 0 amide bonds. The van der Waals surface area contributed by atoms with Crippen molar-refractivity contribution in [2.24, 2.45) is 0 Å². The SMILES string of the molecule is C=Cc1cccc(CC)c1O. The number of phenolic OH excluding ortho intramolecular Hbond substituents is 1. The molecule has 0 aliphatic rings. The molecular formula is C10H12O. The number of benzene rings is 1. The molecule has 58 valence electrons. The van der Waals surface area contributed by atoms with E-state index in [1.54, 1.807) is 6.08 Å². The Morgan fingerprint density at radius 2 is 2.27 bits per heavy atom. The first-order chi connectivity index (χ1) is 5.29. The van der Waals surface area contributed by atoms with Crippen molar-refractivity contribution < 1.29 is 5.11 Å². The average molecular weight is 148 g/mol. The summed E-state index contributed by atoms with van der Waals surface area (Å²) in [5, 5.41) is 9.52. The van der Waals surface area contributed by atoms with Gasteiger partial charge in [0.25, 0.3) is 0 Å². The molecule has 0 atom stereocenters. The van der Waals surface area contributed by atoms with E-state index in [9.17, 15) is 5.11 Å². The minimum atomic E-state index is 0.366. The number of hydrogen-bond acceptors (Lipinski definition) is 1. The van der Waals surface area contributed by atoms with E-state index in [4.69, 9.17) is 0 Å². The molecule has 1 nitrogen and oxygen atoms in total. The summed E-state index contributed by atoms with van der Waals surface area (Å²) in [7, 11) is 0. The van der Waals surface area contributed by atoms with E-state index in [1.807, 2.05) is 25.1 Å². The fourth-order valence-electron chi connectivity index (χ4n) is 1.06. The van der Waals surface area contributed by atoms with Gasteiger partial charge in [-0.1, -0.05) is 37.8 Å². The maximum Gasteiger partial charge on any atom is 0.125 e. The van der Waals surface area contributed by atoms with Crippen LogP contribution in [0.5, 0.6) is 5.75 Å². The van der Waals surface area contributed by atoms with Crippen LogP contribution < -0.4 is 0 Å². The molecule has 0 spiro atoms. The monoisotopic (exact) mass is 148 g/mol. The summed E-state index contributed by atoms with van der Waals surface area (Å²) < 4.78 is 0. The Hall–Kier alpha value is -1.24. The van der Waals surface area contributed by atoms with Crippen molar-refractivity contribution in [3.63, 3.8) is 0 Å². The fraction of sp³-hybridized carbons (Fsp3) is 0.200. The highest BCUT2D eigenvalue weighted by Crippen LogP contribution is 2.23. The van der Waals surface area contributed by atoms with E-state index in [-0.39, 0.29) is 0 Å². The Morgan fingerprint density at radius 1 is 1.55 bits per heavy atom. The van der Waals surface area contributed by atoms with Gasteiger partial charge in [0, 0.05) is 5.56 Å². The van der Waals surface area contributed by atoms with Gasteiger partial charge in [0.05, 0.1) is 0 Å². The van der Waals surface area contributed by atoms with Gasteiger partial charge in [-0.2, -0.15) is 0 Å². The second-order valence-corrected chi connectivity index (χ2v) is 2.41. The van der Waals surface area contributed by atoms with E-state index < -0.39 is 0 Å². The van der Waals surface area contributed by atoms with E-state index in [2.05, 4.69) is 6.58 Å². The van der Waals surface area contributed by atoms with E-state index in [1.165, 1.54) is 0 Å². The second kappa shape index (κ2) is 3.24. The minimum absolute atomic E-state index is 0.366. The van der Waals surface area contributed by atoms with Crippen molar-refractivity contribution in [3.05, 3.63) is 35.9 Å². The van der Waals surface area contributed by atoms with Gasteiger partial charge in [-0.25, -0.2) is 0 Å². The first kappa shape index (κ1) is 7.86. The van der Waals surface area contributed by atoms with Crippen molar-refractivity contribution in [1.29, 1.82) is 0 Å². The highest BCUT2D eigenvalue weighted by atomic mass is 16.3. The molecule has 1 N–H and O–H groups in total. The molecule has 1 aromatic rings. The molecule has 1 aromatic carbocycles. The topological polar surface area (TPSA) is 20.2 Å². The zero-order valence-electron chi connectivity index (χ0n) is 6.67. The predicted molar refractivity (Wildman–Crippen MR) is 47.6 cm³/mol. The summed E-state index contributed by atoms with van der Waals surface area (Å²) in [5.74, 6) is 0.366. The third kappa shape index (κ3) is 1.43. The van der Waals surface area contributed by atoms with Gasteiger partial charge >= 0.3 is 0 Å². The van der Waals surface area contributed by atoms with Crippen LogP contribution in [0.1, 0.15) is 18.1 Å². The summed E-state index contributed by atoms with van der Waals surface area (Å²) in [6.45, 7) is 5.62. The molecule has 0 aliphatic carbocycles. The lowest BCUT2D eigenvalue weighted by Gasteiger charge is -2.03. The van der Waals surface area contributed by atoms with E-state index in [0.29, 0.717) is 5.75 Å². The number of rotatable bonds is 2. The van der Waals surface area contributed by atoms with Crippen molar-refractivity contribution in [3.8, 4) is 5.75 Å². The van der Waals surface area contributed by atoms with Crippen LogP contribution in [0.2, 0.25) is 0 Å². The zero-order chi connectivity index (χ0) is 8.27. The van der Waals surface area contributed by atoms with E-state index in [0.717, 1.165) is 17.5 Å². The maximum absolute atomic E-state index is 9.52. The van der Waals surface area contributed by atoms with Crippen LogP contribution in [0.15, 0.2) is 24.8 Å². The third-order valence-corrected chi connectivity index (χ3v) is 1.75. The summed E-state index contributed by atoms with van der Waals surface area (Å²) in [6.07, 6.45) is 2.52. The summed E-state index contributed by atoms with van der Waals surface area (Å²) in [6, 6.07) is 5.69. The highest BCUT2D eigenvalue weighted by Gasteiger charge is 2.00. The summed E-state index contributed by atoms with van der Waals surface area (Å²) in [5.41, 5.74) is 1.78. The van der Waals surface area contributed by atoms with Gasteiger partial charge in [-0.05, 0) is 12.0 Å². The molecule has 0 heterocycles. The van der Waals surface area contributed by atoms with Gasteiger partial charge < -0.3 is 5.11 Å². The standard InChI is InChI=1S/C10H12O/c1-3-8-6-5-7-9(4-2)10(8)11/h3,5-7,11H,1,4H2,2H3. The van der Waals surface area contributed by atoms with Crippen LogP contribution in [-0.2, 0) is 6.42 Å². The lowest BCUT2D eigenvalue weighted by molar-refractivity contribution is 0.467. The Bertz CT molecular complexity index is 264. The molecule has 0 bridgehead atoms. The first-order valence-corrected chi connectivity index (χ1v) is 3.73. The number of aryl methyl sites for hydroxylation is 1. The zero-order valence-corrected chi connectivity index (χ0v) is 6.67. The minimum Gasteiger partial charge on any atom is -0.507 e. The van der Waals surface area contributed by atoms with Crippen molar-refractivity contribution in [2.45, 2.75) is 13.3 Å². The van der Waals surface area contributed by atoms with Crippen LogP contribution in [0.3, 0.4) is 0 Å². The van der Waals surface area contributed by atoms with Gasteiger partial charge in [-0.15, -0.1) is 0 Å². The summed E-state index contributed by atoms with van der Waals surface area (Å²) >= 11 is 0. The molecule has 0 unspecified atom stereocenters. The molecule has 0 aromatic heterocycles. The van der Waals surface area contributed by atoms with Gasteiger partial charge in [0.1, 0.15) is 5.75 Å². The molecule has 0 fully saturated rings. The quantitative estimate of drug-likeness (QED) is 0.683. The fourth-order valence-corrected chi connectivity index (χ4v) is 1.06.